The number of fused-ring (bicyclic) bond motifs is 2. The third-order valence-corrected chi connectivity index (χ3v) is 7.77. The predicted octanol–water partition coefficient (Wildman–Crippen LogP) is 3.54. The number of esters is 4. The fraction of sp³-hybridized carbons (Fsp3) is 0.414. The van der Waals surface area contributed by atoms with Crippen LogP contribution in [0.5, 0.6) is 11.5 Å². The third kappa shape index (κ3) is 7.59. The van der Waals surface area contributed by atoms with Gasteiger partial charge in [-0.1, -0.05) is 36.4 Å². The van der Waals surface area contributed by atoms with Crippen molar-refractivity contribution in [3.8, 4) is 11.5 Å². The van der Waals surface area contributed by atoms with E-state index in [1.807, 2.05) is 48.5 Å². The Morgan fingerprint density at radius 3 is 1.83 bits per heavy atom. The first-order valence-electron chi connectivity index (χ1n) is 13.1. The van der Waals surface area contributed by atoms with Gasteiger partial charge in [0.05, 0.1) is 18.1 Å². The molecular weight excluding hydrogens is 572 g/mol. The van der Waals surface area contributed by atoms with E-state index in [2.05, 4.69) is 0 Å². The molecule has 1 N–H and O–H groups in total. The van der Waals surface area contributed by atoms with E-state index in [4.69, 9.17) is 33.5 Å². The van der Waals surface area contributed by atoms with Crippen LogP contribution in [0.15, 0.2) is 48.5 Å². The first kappa shape index (κ1) is 30.8. The van der Waals surface area contributed by atoms with Crippen LogP contribution in [0, 0.1) is 0 Å². The summed E-state index contributed by atoms with van der Waals surface area (Å²) in [5, 5.41) is 8.49. The molecule has 12 nitrogen and oxygen atoms in total. The van der Waals surface area contributed by atoms with Crippen LogP contribution in [0.3, 0.4) is 0 Å². The Labute approximate surface area is 245 Å². The number of ether oxygens (including phenoxy) is 6. The number of carboxylic acid groups (broad SMARTS) is 1. The normalized spacial score (nSPS) is 22.9. The first-order valence-corrected chi connectivity index (χ1v) is 14.0. The maximum absolute atomic E-state index is 12.3. The highest BCUT2D eigenvalue weighted by Gasteiger charge is 2.53. The molecule has 2 heterocycles. The number of carboxylic acids is 1. The van der Waals surface area contributed by atoms with Gasteiger partial charge in [0.2, 0.25) is 0 Å². The molecule has 13 heteroatoms. The van der Waals surface area contributed by atoms with Crippen molar-refractivity contribution in [2.75, 3.05) is 6.61 Å². The number of carbonyl (C=O) groups is 5. The largest absolute Gasteiger partial charge is 0.481 e. The molecule has 0 saturated carbocycles. The lowest BCUT2D eigenvalue weighted by atomic mass is 9.99. The van der Waals surface area contributed by atoms with Gasteiger partial charge < -0.3 is 33.5 Å². The lowest BCUT2D eigenvalue weighted by molar-refractivity contribution is -0.237. The highest BCUT2D eigenvalue weighted by Crippen LogP contribution is 2.52. The third-order valence-electron chi connectivity index (χ3n) is 6.34. The fourth-order valence-corrected chi connectivity index (χ4v) is 6.22. The summed E-state index contributed by atoms with van der Waals surface area (Å²) < 4.78 is 34.3. The Morgan fingerprint density at radius 1 is 0.762 bits per heavy atom. The van der Waals surface area contributed by atoms with E-state index in [0.717, 1.165) is 25.0 Å². The minimum atomic E-state index is -1.32. The zero-order valence-electron chi connectivity index (χ0n) is 23.1. The minimum absolute atomic E-state index is 0.391. The van der Waals surface area contributed by atoms with E-state index >= 15 is 0 Å². The Balaban J connectivity index is 1.71. The van der Waals surface area contributed by atoms with Crippen LogP contribution in [0.1, 0.15) is 50.0 Å². The van der Waals surface area contributed by atoms with Crippen LogP contribution in [0.4, 0.5) is 0 Å². The standard InChI is InChI=1S/C29H30O12S/c1-15(30)37-25-22(14-36-24(35)13-12-23(33)34)41-29(27(39-17(3)32)26(25)38-16(2)31)42-28-18-8-4-6-10-20(18)40-21-11-7-5-9-19(21)28/h4-11,22,25-29H,12-14H2,1-3H3,(H,33,34)/t22-,25-,26+,27-,29+/m1/s1. The zero-order chi connectivity index (χ0) is 30.4. The highest BCUT2D eigenvalue weighted by atomic mass is 32.2. The van der Waals surface area contributed by atoms with E-state index in [1.165, 1.54) is 18.7 Å². The molecule has 2 aliphatic heterocycles. The van der Waals surface area contributed by atoms with Gasteiger partial charge in [0.25, 0.3) is 0 Å². The number of carbonyl (C=O) groups excluding carboxylic acids is 4. The van der Waals surface area contributed by atoms with Crippen molar-refractivity contribution in [2.24, 2.45) is 0 Å². The van der Waals surface area contributed by atoms with Gasteiger partial charge >= 0.3 is 29.8 Å². The average Bonchev–Trinajstić information content (AvgIpc) is 2.93. The van der Waals surface area contributed by atoms with Crippen molar-refractivity contribution in [3.63, 3.8) is 0 Å². The predicted molar refractivity (Wildman–Crippen MR) is 146 cm³/mol. The van der Waals surface area contributed by atoms with E-state index in [9.17, 15) is 24.0 Å². The van der Waals surface area contributed by atoms with E-state index in [1.54, 1.807) is 0 Å². The number of aliphatic carboxylic acids is 1. The fourth-order valence-electron chi connectivity index (χ4n) is 4.70. The molecule has 0 unspecified atom stereocenters. The average molecular weight is 603 g/mol. The number of hydrogen-bond acceptors (Lipinski definition) is 12. The second kappa shape index (κ2) is 13.7. The van der Waals surface area contributed by atoms with Gasteiger partial charge in [-0.05, 0) is 12.1 Å². The second-order valence-corrected chi connectivity index (χ2v) is 10.7. The Hall–Kier alpha value is -4.10. The maximum atomic E-state index is 12.3. The van der Waals surface area contributed by atoms with Crippen molar-refractivity contribution in [3.05, 3.63) is 59.7 Å². The molecule has 4 rings (SSSR count). The van der Waals surface area contributed by atoms with Gasteiger partial charge in [0.15, 0.2) is 18.3 Å². The van der Waals surface area contributed by atoms with Crippen molar-refractivity contribution in [2.45, 2.75) is 68.7 Å². The zero-order valence-corrected chi connectivity index (χ0v) is 23.9. The Bertz CT molecular complexity index is 1300. The summed E-state index contributed by atoms with van der Waals surface area (Å²) in [6.07, 6.45) is -5.88. The van der Waals surface area contributed by atoms with Gasteiger partial charge in [-0.3, -0.25) is 24.0 Å². The number of rotatable bonds is 10. The molecule has 1 fully saturated rings. The summed E-state index contributed by atoms with van der Waals surface area (Å²) in [6, 6.07) is 14.8. The van der Waals surface area contributed by atoms with Gasteiger partial charge in [0, 0.05) is 31.9 Å². The van der Waals surface area contributed by atoms with E-state index in [0.29, 0.717) is 11.5 Å². The van der Waals surface area contributed by atoms with E-state index in [-0.39, 0.29) is 0 Å². The topological polar surface area (TPSA) is 161 Å². The molecule has 0 radical (unpaired) electrons. The van der Waals surface area contributed by atoms with Crippen molar-refractivity contribution < 1.29 is 57.5 Å². The summed E-state index contributed by atoms with van der Waals surface area (Å²) in [7, 11) is 0. The van der Waals surface area contributed by atoms with Gasteiger partial charge in [-0.2, -0.15) is 0 Å². The molecular formula is C29H30O12S. The molecule has 5 atom stereocenters. The molecule has 2 aromatic carbocycles. The molecule has 0 aliphatic carbocycles. The minimum Gasteiger partial charge on any atom is -0.481 e. The SMILES string of the molecule is CC(=O)O[C@@H]1[C@@H](OC(C)=O)[C@H](SC2c3ccccc3Oc3ccccc32)O[C@H](COC(=O)CCC(=O)O)[C@H]1OC(C)=O. The quantitative estimate of drug-likeness (QED) is 0.311. The van der Waals surface area contributed by atoms with Crippen molar-refractivity contribution in [1.29, 1.82) is 0 Å². The van der Waals surface area contributed by atoms with Crippen LogP contribution in [-0.4, -0.2) is 71.4 Å². The maximum Gasteiger partial charge on any atom is 0.306 e. The smallest absolute Gasteiger partial charge is 0.306 e. The Kier molecular flexibility index (Phi) is 10.1. The number of benzene rings is 2. The lowest BCUT2D eigenvalue weighted by Gasteiger charge is -2.45. The molecule has 0 bridgehead atoms. The Morgan fingerprint density at radius 2 is 1.29 bits per heavy atom. The van der Waals surface area contributed by atoms with Gasteiger partial charge in [-0.25, -0.2) is 0 Å². The first-order chi connectivity index (χ1) is 20.0. The number of para-hydroxylation sites is 2. The number of thioether (sulfide) groups is 1. The van der Waals surface area contributed by atoms with Crippen molar-refractivity contribution in [1.82, 2.24) is 0 Å². The van der Waals surface area contributed by atoms with E-state index < -0.39 is 84.4 Å². The molecule has 0 spiro atoms. The summed E-state index contributed by atoms with van der Waals surface area (Å²) in [5.74, 6) is -2.93. The molecule has 1 saturated heterocycles. The highest BCUT2D eigenvalue weighted by molar-refractivity contribution is 8.00. The van der Waals surface area contributed by atoms with Crippen LogP contribution in [0.2, 0.25) is 0 Å². The molecule has 2 aromatic rings. The number of hydrogen-bond donors (Lipinski definition) is 1. The van der Waals surface area contributed by atoms with Gasteiger partial charge in [0.1, 0.15) is 29.6 Å². The summed E-state index contributed by atoms with van der Waals surface area (Å²) >= 11 is 1.25. The molecule has 0 aromatic heterocycles. The van der Waals surface area contributed by atoms with Gasteiger partial charge in [-0.15, -0.1) is 11.8 Å². The van der Waals surface area contributed by atoms with Crippen LogP contribution in [-0.2, 0) is 47.7 Å². The summed E-state index contributed by atoms with van der Waals surface area (Å²) in [4.78, 5) is 59.7. The monoisotopic (exact) mass is 602 g/mol. The van der Waals surface area contributed by atoms with Crippen LogP contribution in [0.25, 0.3) is 0 Å². The molecule has 224 valence electrons. The van der Waals surface area contributed by atoms with Crippen molar-refractivity contribution >= 4 is 41.6 Å². The van der Waals surface area contributed by atoms with Crippen LogP contribution >= 0.6 is 11.8 Å². The summed E-state index contributed by atoms with van der Waals surface area (Å²) in [6.45, 7) is 3.01. The lowest BCUT2D eigenvalue weighted by Crippen LogP contribution is -2.61. The second-order valence-electron chi connectivity index (χ2n) is 9.54. The summed E-state index contributed by atoms with van der Waals surface area (Å²) in [5.41, 5.74) is 0.611. The van der Waals surface area contributed by atoms with Crippen LogP contribution < -0.4 is 4.74 Å². The molecule has 2 aliphatic rings. The molecule has 0 amide bonds. The molecule has 42 heavy (non-hydrogen) atoms.